The van der Waals surface area contributed by atoms with Crippen LogP contribution in [0.4, 0.5) is 0 Å². The maximum Gasteiger partial charge on any atom is -1.00 e. The summed E-state index contributed by atoms with van der Waals surface area (Å²) in [5.74, 6) is -0.407. The van der Waals surface area contributed by atoms with Crippen LogP contribution >= 0.6 is 0 Å². The third-order valence-corrected chi connectivity index (χ3v) is 1.49. The van der Waals surface area contributed by atoms with Crippen molar-refractivity contribution in [1.82, 2.24) is 4.98 Å². The molecular formula is C6H5ClMgN2O. The summed E-state index contributed by atoms with van der Waals surface area (Å²) in [6.45, 7) is 0. The maximum atomic E-state index is 10.6. The van der Waals surface area contributed by atoms with E-state index in [1.807, 2.05) is 0 Å². The summed E-state index contributed by atoms with van der Waals surface area (Å²) in [5.41, 5.74) is 5.53. The number of amides is 1. The minimum Gasteiger partial charge on any atom is -1.00 e. The van der Waals surface area contributed by atoms with Gasteiger partial charge in [0.2, 0.25) is 0 Å². The van der Waals surface area contributed by atoms with Gasteiger partial charge in [0.05, 0.1) is 0 Å². The third kappa shape index (κ3) is 3.05. The van der Waals surface area contributed by atoms with Crippen molar-refractivity contribution in [3.05, 3.63) is 23.9 Å². The molecule has 1 aromatic heterocycles. The van der Waals surface area contributed by atoms with Crippen LogP contribution in [-0.2, 0) is 0 Å². The molecule has 2 N–H and O–H groups in total. The van der Waals surface area contributed by atoms with Crippen molar-refractivity contribution >= 4 is 31.4 Å². The van der Waals surface area contributed by atoms with Gasteiger partial charge in [-0.1, -0.05) is 0 Å². The quantitative estimate of drug-likeness (QED) is 0.448. The van der Waals surface area contributed by atoms with Crippen molar-refractivity contribution in [3.8, 4) is 0 Å². The summed E-state index contributed by atoms with van der Waals surface area (Å²) in [7, 11) is 0. The van der Waals surface area contributed by atoms with E-state index in [-0.39, 0.29) is 12.4 Å². The normalized spacial score (nSPS) is 8.55. The van der Waals surface area contributed by atoms with Crippen LogP contribution in [0, 0.1) is 0 Å². The summed E-state index contributed by atoms with van der Waals surface area (Å²) >= 11 is 1.62. The molecule has 0 aliphatic carbocycles. The molecule has 0 radical (unpaired) electrons. The molecule has 1 heterocycles. The first kappa shape index (κ1) is 10.7. The van der Waals surface area contributed by atoms with Crippen molar-refractivity contribution in [2.24, 2.45) is 5.73 Å². The van der Waals surface area contributed by atoms with Crippen molar-refractivity contribution in [2.75, 3.05) is 0 Å². The predicted octanol–water partition coefficient (Wildman–Crippen LogP) is -4.02. The van der Waals surface area contributed by atoms with Crippen LogP contribution < -0.4 is 22.0 Å². The largest absolute Gasteiger partial charge is 1.00 e. The molecule has 1 amide bonds. The molecule has 1 rings (SSSR count). The molecule has 0 aromatic carbocycles. The van der Waals surface area contributed by atoms with E-state index in [9.17, 15) is 4.79 Å². The maximum absolute atomic E-state index is 10.6. The molecular weight excluding hydrogens is 176 g/mol. The summed E-state index contributed by atoms with van der Waals surface area (Å²) in [5, 5.41) is 0. The van der Waals surface area contributed by atoms with Crippen molar-refractivity contribution in [2.45, 2.75) is 0 Å². The zero-order valence-corrected chi connectivity index (χ0v) is 7.92. The zero-order chi connectivity index (χ0) is 7.56. The van der Waals surface area contributed by atoms with Gasteiger partial charge in [0, 0.05) is 0 Å². The summed E-state index contributed by atoms with van der Waals surface area (Å²) in [6.07, 6.45) is 1.57. The Morgan fingerprint density at radius 2 is 2.27 bits per heavy atom. The third-order valence-electron chi connectivity index (χ3n) is 1.10. The van der Waals surface area contributed by atoms with Crippen LogP contribution in [0.15, 0.2) is 18.3 Å². The van der Waals surface area contributed by atoms with Crippen molar-refractivity contribution in [3.63, 3.8) is 0 Å². The number of pyridine rings is 1. The van der Waals surface area contributed by atoms with E-state index in [1.165, 1.54) is 0 Å². The van der Waals surface area contributed by atoms with E-state index in [1.54, 1.807) is 40.0 Å². The Labute approximate surface area is 83.2 Å². The molecule has 5 heteroatoms. The minimum atomic E-state index is -0.407. The van der Waals surface area contributed by atoms with E-state index in [0.29, 0.717) is 5.56 Å². The van der Waals surface area contributed by atoms with Gasteiger partial charge in [0.1, 0.15) is 0 Å². The van der Waals surface area contributed by atoms with Gasteiger partial charge in [0.15, 0.2) is 0 Å². The summed E-state index contributed by atoms with van der Waals surface area (Å²) in [4.78, 5) is 14.5. The number of rotatable bonds is 1. The molecule has 0 unspecified atom stereocenters. The molecule has 11 heavy (non-hydrogen) atoms. The van der Waals surface area contributed by atoms with E-state index >= 15 is 0 Å². The molecule has 54 valence electrons. The molecule has 0 saturated carbocycles. The second kappa shape index (κ2) is 4.53. The number of halogens is 1. The smallest absolute Gasteiger partial charge is 1.00 e. The fourth-order valence-corrected chi connectivity index (χ4v) is 0.957. The Morgan fingerprint density at radius 3 is 2.64 bits per heavy atom. The number of carbonyl (C=O) groups is 1. The van der Waals surface area contributed by atoms with Gasteiger partial charge < -0.3 is 12.4 Å². The van der Waals surface area contributed by atoms with Gasteiger partial charge in [-0.15, -0.1) is 0 Å². The molecule has 0 aliphatic heterocycles. The standard InChI is InChI=1S/C6H5N2O.ClH.Mg/c7-6(9)5-1-3-8-4-2-5;;/h1-3H,(H2,7,9);1H;/q;;+1/p-1. The van der Waals surface area contributed by atoms with Gasteiger partial charge >= 0.3 is 70.8 Å². The first-order valence-electron chi connectivity index (χ1n) is 2.78. The Bertz CT molecular complexity index is 267. The van der Waals surface area contributed by atoms with Gasteiger partial charge in [0.25, 0.3) is 0 Å². The SMILES string of the molecule is NC(=O)c1ccn[c]([Mg+])c1.[Cl-]. The monoisotopic (exact) mass is 180 g/mol. The summed E-state index contributed by atoms with van der Waals surface area (Å²) < 4.78 is 0.830. The Hall–Kier alpha value is -0.324. The van der Waals surface area contributed by atoms with Gasteiger partial charge in [-0.3, -0.25) is 0 Å². The molecule has 3 nitrogen and oxygen atoms in total. The topological polar surface area (TPSA) is 56.0 Å². The molecule has 0 aliphatic rings. The van der Waals surface area contributed by atoms with Crippen LogP contribution in [0.1, 0.15) is 10.4 Å². The predicted molar refractivity (Wildman–Crippen MR) is 38.1 cm³/mol. The van der Waals surface area contributed by atoms with Crippen LogP contribution in [0.5, 0.6) is 0 Å². The second-order valence-electron chi connectivity index (χ2n) is 1.90. The average Bonchev–Trinajstić information content (AvgIpc) is 1.88. The first-order chi connectivity index (χ1) is 4.70. The number of hydrogen-bond acceptors (Lipinski definition) is 2. The van der Waals surface area contributed by atoms with E-state index in [4.69, 9.17) is 5.73 Å². The number of nitrogens with zero attached hydrogens (tertiary/aromatic N) is 1. The number of primary amides is 1. The minimum absolute atomic E-state index is 0. The van der Waals surface area contributed by atoms with Crippen LogP contribution in [0.3, 0.4) is 0 Å². The van der Waals surface area contributed by atoms with Crippen LogP contribution in [-0.4, -0.2) is 32.6 Å². The number of carbonyl (C=O) groups excluding carboxylic acids is 1. The fraction of sp³-hybridized carbons (Fsp3) is 0. The van der Waals surface area contributed by atoms with E-state index in [2.05, 4.69) is 4.98 Å². The molecule has 0 spiro atoms. The van der Waals surface area contributed by atoms with E-state index < -0.39 is 5.91 Å². The Kier molecular flexibility index (Phi) is 4.40. The van der Waals surface area contributed by atoms with Crippen molar-refractivity contribution in [1.29, 1.82) is 0 Å². The van der Waals surface area contributed by atoms with Gasteiger partial charge in [-0.05, 0) is 0 Å². The average molecular weight is 181 g/mol. The zero-order valence-electron chi connectivity index (χ0n) is 5.75. The molecule has 0 saturated heterocycles. The number of aromatic nitrogens is 1. The Balaban J connectivity index is 0.000001000. The second-order valence-corrected chi connectivity index (χ2v) is 2.62. The van der Waals surface area contributed by atoms with E-state index in [0.717, 1.165) is 3.82 Å². The molecule has 0 bridgehead atoms. The van der Waals surface area contributed by atoms with Gasteiger partial charge in [-0.25, -0.2) is 0 Å². The molecule has 0 fully saturated rings. The number of hydrogen-bond donors (Lipinski definition) is 1. The van der Waals surface area contributed by atoms with Crippen molar-refractivity contribution < 1.29 is 17.2 Å². The van der Waals surface area contributed by atoms with Crippen LogP contribution in [0.25, 0.3) is 0 Å². The Morgan fingerprint density at radius 1 is 1.64 bits per heavy atom. The summed E-state index contributed by atoms with van der Waals surface area (Å²) in [6, 6.07) is 3.26. The van der Waals surface area contributed by atoms with Crippen LogP contribution in [0.2, 0.25) is 0 Å². The number of nitrogens with two attached hydrogens (primary N) is 1. The molecule has 0 atom stereocenters. The van der Waals surface area contributed by atoms with Gasteiger partial charge in [-0.2, -0.15) is 0 Å². The fourth-order valence-electron chi connectivity index (χ4n) is 0.631. The first-order valence-corrected chi connectivity index (χ1v) is 3.48. The molecule has 1 aromatic rings.